The van der Waals surface area contributed by atoms with Gasteiger partial charge in [-0.05, 0) is 36.1 Å². The highest BCUT2D eigenvalue weighted by Gasteiger charge is 2.21. The average molecular weight is 509 g/mol. The van der Waals surface area contributed by atoms with Gasteiger partial charge in [0.1, 0.15) is 5.82 Å². The molecule has 5 N–H and O–H groups in total. The van der Waals surface area contributed by atoms with Crippen LogP contribution >= 0.6 is 0 Å². The van der Waals surface area contributed by atoms with E-state index in [9.17, 15) is 9.59 Å². The molecule has 3 heterocycles. The van der Waals surface area contributed by atoms with Crippen LogP contribution in [0.1, 0.15) is 29.0 Å². The molecule has 3 aromatic heterocycles. The minimum atomic E-state index is -0.704. The number of amides is 1. The number of nitrogen functional groups attached to an aromatic ring is 1. The number of para-hydroxylation sites is 1. The van der Waals surface area contributed by atoms with Crippen LogP contribution in [-0.2, 0) is 0 Å². The molecule has 5 rings (SSSR count). The maximum atomic E-state index is 14.2. The van der Waals surface area contributed by atoms with E-state index in [0.29, 0.717) is 27.9 Å². The number of methoxy groups -OCH3 is 1. The van der Waals surface area contributed by atoms with E-state index in [1.54, 1.807) is 17.0 Å². The standard InChI is InChI=1S/C27H24N8O3/c1-15(33-24-20(23(28)36)14-30-26(29)34-24)21-11-16-7-6-10-19(17-12-31-27(38-2)32-13-17)22(16)25(37)35(21)18-8-4-3-5-9-18/h3-15H,1-2H3,(H2,28,36)(H3,29,30,33,34)/t15-/m0/s1. The van der Waals surface area contributed by atoms with Gasteiger partial charge in [0.2, 0.25) is 5.95 Å². The maximum absolute atomic E-state index is 14.2. The number of carbonyl (C=O) groups is 1. The monoisotopic (exact) mass is 508 g/mol. The number of nitrogens with zero attached hydrogens (tertiary/aromatic N) is 5. The van der Waals surface area contributed by atoms with Gasteiger partial charge >= 0.3 is 6.01 Å². The summed E-state index contributed by atoms with van der Waals surface area (Å²) in [5.74, 6) is -0.547. The van der Waals surface area contributed by atoms with E-state index in [2.05, 4.69) is 25.3 Å². The number of pyridine rings is 1. The fourth-order valence-electron chi connectivity index (χ4n) is 4.31. The van der Waals surface area contributed by atoms with Crippen LogP contribution in [0.15, 0.2) is 78.0 Å². The third-order valence-electron chi connectivity index (χ3n) is 6.08. The molecular formula is C27H24N8O3. The molecule has 0 bridgehead atoms. The Balaban J connectivity index is 1.72. The zero-order valence-electron chi connectivity index (χ0n) is 20.6. The van der Waals surface area contributed by atoms with Crippen LogP contribution in [-0.4, -0.2) is 37.5 Å². The van der Waals surface area contributed by atoms with E-state index in [1.165, 1.54) is 13.3 Å². The third kappa shape index (κ3) is 4.48. The number of aromatic nitrogens is 5. The van der Waals surface area contributed by atoms with E-state index in [0.717, 1.165) is 5.39 Å². The molecule has 0 aliphatic carbocycles. The molecule has 1 atom stereocenters. The first kappa shape index (κ1) is 24.4. The molecule has 0 saturated carbocycles. The topological polar surface area (TPSA) is 164 Å². The molecule has 0 fully saturated rings. The molecule has 38 heavy (non-hydrogen) atoms. The minimum Gasteiger partial charge on any atom is -0.467 e. The zero-order chi connectivity index (χ0) is 26.8. The molecule has 1 amide bonds. The second kappa shape index (κ2) is 9.97. The molecule has 190 valence electrons. The fraction of sp³-hybridized carbons (Fsp3) is 0.111. The van der Waals surface area contributed by atoms with E-state index >= 15 is 0 Å². The van der Waals surface area contributed by atoms with Gasteiger partial charge in [-0.15, -0.1) is 0 Å². The Morgan fingerprint density at radius 3 is 2.45 bits per heavy atom. The molecular weight excluding hydrogens is 484 g/mol. The summed E-state index contributed by atoms with van der Waals surface area (Å²) in [7, 11) is 1.49. The first-order chi connectivity index (χ1) is 18.4. The van der Waals surface area contributed by atoms with Crippen molar-refractivity contribution in [2.24, 2.45) is 5.73 Å². The molecule has 0 aliphatic heterocycles. The summed E-state index contributed by atoms with van der Waals surface area (Å²) in [4.78, 5) is 42.6. The van der Waals surface area contributed by atoms with Crippen molar-refractivity contribution >= 4 is 28.4 Å². The van der Waals surface area contributed by atoms with Gasteiger partial charge in [0.25, 0.3) is 11.5 Å². The van der Waals surface area contributed by atoms with Crippen LogP contribution in [0.2, 0.25) is 0 Å². The van der Waals surface area contributed by atoms with Gasteiger partial charge in [0.05, 0.1) is 24.1 Å². The lowest BCUT2D eigenvalue weighted by atomic mass is 9.99. The summed E-state index contributed by atoms with van der Waals surface area (Å²) in [6, 6.07) is 16.5. The van der Waals surface area contributed by atoms with E-state index in [-0.39, 0.29) is 28.9 Å². The number of hydrogen-bond acceptors (Lipinski definition) is 9. The Morgan fingerprint density at radius 2 is 1.76 bits per heavy atom. The van der Waals surface area contributed by atoms with Gasteiger partial charge in [-0.3, -0.25) is 14.2 Å². The Labute approximate surface area is 217 Å². The number of nitrogens with one attached hydrogen (secondary N) is 1. The highest BCUT2D eigenvalue weighted by atomic mass is 16.5. The largest absolute Gasteiger partial charge is 0.467 e. The molecule has 2 aromatic carbocycles. The van der Waals surface area contributed by atoms with E-state index in [4.69, 9.17) is 16.2 Å². The smallest absolute Gasteiger partial charge is 0.316 e. The lowest BCUT2D eigenvalue weighted by molar-refractivity contribution is 0.100. The SMILES string of the molecule is COc1ncc(-c2cccc3cc([C@H](C)Nc4nc(N)ncc4C(N)=O)n(-c4ccccc4)c(=O)c23)cn1. The van der Waals surface area contributed by atoms with Gasteiger partial charge < -0.3 is 21.5 Å². The highest BCUT2D eigenvalue weighted by molar-refractivity contribution is 5.98. The zero-order valence-corrected chi connectivity index (χ0v) is 20.6. The summed E-state index contributed by atoms with van der Waals surface area (Å²) in [6.07, 6.45) is 4.51. The maximum Gasteiger partial charge on any atom is 0.316 e. The molecule has 0 aliphatic rings. The Morgan fingerprint density at radius 1 is 1.03 bits per heavy atom. The number of carbonyl (C=O) groups excluding carboxylic acids is 1. The molecule has 0 unspecified atom stereocenters. The Kier molecular flexibility index (Phi) is 6.40. The van der Waals surface area contributed by atoms with Crippen molar-refractivity contribution in [1.29, 1.82) is 0 Å². The number of ether oxygens (including phenoxy) is 1. The quantitative estimate of drug-likeness (QED) is 0.300. The molecule has 11 nitrogen and oxygen atoms in total. The van der Waals surface area contributed by atoms with Crippen molar-refractivity contribution < 1.29 is 9.53 Å². The van der Waals surface area contributed by atoms with E-state index < -0.39 is 11.9 Å². The van der Waals surface area contributed by atoms with Crippen molar-refractivity contribution in [2.45, 2.75) is 13.0 Å². The minimum absolute atomic E-state index is 0.0185. The van der Waals surface area contributed by atoms with Crippen molar-refractivity contribution in [3.05, 3.63) is 94.8 Å². The summed E-state index contributed by atoms with van der Waals surface area (Å²) in [5, 5.41) is 4.41. The average Bonchev–Trinajstić information content (AvgIpc) is 2.93. The summed E-state index contributed by atoms with van der Waals surface area (Å²) in [6.45, 7) is 1.85. The van der Waals surface area contributed by atoms with Gasteiger partial charge in [-0.2, -0.15) is 4.98 Å². The van der Waals surface area contributed by atoms with Crippen LogP contribution in [0.5, 0.6) is 6.01 Å². The number of hydrogen-bond donors (Lipinski definition) is 3. The van der Waals surface area contributed by atoms with Crippen LogP contribution in [0.4, 0.5) is 11.8 Å². The number of anilines is 2. The van der Waals surface area contributed by atoms with Gasteiger partial charge in [-0.1, -0.05) is 36.4 Å². The van der Waals surface area contributed by atoms with Gasteiger partial charge in [-0.25, -0.2) is 15.0 Å². The van der Waals surface area contributed by atoms with Gasteiger partial charge in [0, 0.05) is 35.5 Å². The number of nitrogens with two attached hydrogens (primary N) is 2. The summed E-state index contributed by atoms with van der Waals surface area (Å²) in [5.41, 5.74) is 13.8. The van der Waals surface area contributed by atoms with Crippen LogP contribution in [0.3, 0.4) is 0 Å². The number of fused-ring (bicyclic) bond motifs is 1. The first-order valence-corrected chi connectivity index (χ1v) is 11.7. The van der Waals surface area contributed by atoms with Crippen molar-refractivity contribution in [3.8, 4) is 22.8 Å². The predicted octanol–water partition coefficient (Wildman–Crippen LogP) is 3.10. The molecule has 0 spiro atoms. The second-order valence-corrected chi connectivity index (χ2v) is 8.49. The lowest BCUT2D eigenvalue weighted by Gasteiger charge is -2.22. The fourth-order valence-corrected chi connectivity index (χ4v) is 4.31. The normalized spacial score (nSPS) is 11.7. The Bertz CT molecular complexity index is 1700. The van der Waals surface area contributed by atoms with Crippen molar-refractivity contribution in [3.63, 3.8) is 0 Å². The third-order valence-corrected chi connectivity index (χ3v) is 6.08. The van der Waals surface area contributed by atoms with E-state index in [1.807, 2.05) is 61.5 Å². The van der Waals surface area contributed by atoms with Gasteiger partial charge in [0.15, 0.2) is 0 Å². The molecule has 11 heteroatoms. The Hall–Kier alpha value is -5.32. The first-order valence-electron chi connectivity index (χ1n) is 11.7. The summed E-state index contributed by atoms with van der Waals surface area (Å²) < 4.78 is 6.70. The number of primary amides is 1. The van der Waals surface area contributed by atoms with Crippen LogP contribution in [0, 0.1) is 0 Å². The van der Waals surface area contributed by atoms with Crippen molar-refractivity contribution in [2.75, 3.05) is 18.2 Å². The van der Waals surface area contributed by atoms with Crippen LogP contribution < -0.4 is 27.1 Å². The molecule has 0 saturated heterocycles. The number of benzene rings is 2. The lowest BCUT2D eigenvalue weighted by Crippen LogP contribution is -2.27. The highest BCUT2D eigenvalue weighted by Crippen LogP contribution is 2.30. The number of rotatable bonds is 7. The molecule has 5 aromatic rings. The predicted molar refractivity (Wildman–Crippen MR) is 144 cm³/mol. The molecule has 0 radical (unpaired) electrons. The van der Waals surface area contributed by atoms with Crippen LogP contribution in [0.25, 0.3) is 27.6 Å². The summed E-state index contributed by atoms with van der Waals surface area (Å²) >= 11 is 0. The second-order valence-electron chi connectivity index (χ2n) is 8.49. The van der Waals surface area contributed by atoms with Crippen molar-refractivity contribution in [1.82, 2.24) is 24.5 Å².